The Kier molecular flexibility index (Phi) is 3.07. The average Bonchev–Trinajstić information content (AvgIpc) is 2.18. The Hall–Kier alpha value is -1.06. The fourth-order valence-electron chi connectivity index (χ4n) is 1.45. The number of aromatic hydroxyl groups is 1. The summed E-state index contributed by atoms with van der Waals surface area (Å²) >= 11 is 0. The van der Waals surface area contributed by atoms with E-state index >= 15 is 0 Å². The zero-order valence-electron chi connectivity index (χ0n) is 9.49. The van der Waals surface area contributed by atoms with Crippen LogP contribution in [-0.2, 0) is 5.60 Å². The topological polar surface area (TPSA) is 66.5 Å². The number of rotatable bonds is 3. The molecule has 0 aliphatic rings. The molecule has 0 heterocycles. The Morgan fingerprint density at radius 3 is 2.20 bits per heavy atom. The molecule has 0 saturated carbocycles. The number of hydrogen-bond acceptors (Lipinski definition) is 3. The molecule has 0 aliphatic carbocycles. The van der Waals surface area contributed by atoms with Gasteiger partial charge in [0.1, 0.15) is 5.75 Å². The molecule has 3 nitrogen and oxygen atoms in total. The van der Waals surface area contributed by atoms with Gasteiger partial charge in [-0.1, -0.05) is 32.0 Å². The zero-order chi connectivity index (χ0) is 11.7. The smallest absolute Gasteiger partial charge is 0.121 e. The van der Waals surface area contributed by atoms with Crippen molar-refractivity contribution in [3.63, 3.8) is 0 Å². The van der Waals surface area contributed by atoms with Crippen molar-refractivity contribution in [3.8, 4) is 5.75 Å². The highest BCUT2D eigenvalue weighted by Gasteiger charge is 2.41. The van der Waals surface area contributed by atoms with Crippen molar-refractivity contribution in [1.82, 2.24) is 0 Å². The molecule has 0 spiro atoms. The van der Waals surface area contributed by atoms with Crippen LogP contribution in [0.5, 0.6) is 5.75 Å². The van der Waals surface area contributed by atoms with Crippen LogP contribution in [0.1, 0.15) is 26.3 Å². The highest BCUT2D eigenvalue weighted by atomic mass is 16.3. The van der Waals surface area contributed by atoms with E-state index in [1.165, 1.54) is 0 Å². The first-order chi connectivity index (χ1) is 6.83. The van der Waals surface area contributed by atoms with E-state index < -0.39 is 11.0 Å². The summed E-state index contributed by atoms with van der Waals surface area (Å²) in [5.74, 6) is 0.101. The van der Waals surface area contributed by atoms with Crippen LogP contribution in [0, 0.1) is 5.41 Å². The molecule has 0 radical (unpaired) electrons. The molecule has 1 rings (SSSR count). The monoisotopic (exact) mass is 209 g/mol. The second-order valence-electron chi connectivity index (χ2n) is 4.68. The fourth-order valence-corrected chi connectivity index (χ4v) is 1.45. The largest absolute Gasteiger partial charge is 0.508 e. The zero-order valence-corrected chi connectivity index (χ0v) is 9.49. The number of para-hydroxylation sites is 1. The molecular weight excluding hydrogens is 190 g/mol. The molecule has 1 atom stereocenters. The van der Waals surface area contributed by atoms with Crippen LogP contribution in [0.3, 0.4) is 0 Å². The number of benzene rings is 1. The Balaban J connectivity index is 3.22. The lowest BCUT2D eigenvalue weighted by Crippen LogP contribution is -2.44. The third-order valence-corrected chi connectivity index (χ3v) is 3.26. The normalized spacial score (nSPS) is 16.1. The SMILES string of the molecule is CC(C)(CN)C(C)(O)c1ccccc1O. The Morgan fingerprint density at radius 1 is 1.20 bits per heavy atom. The number of phenolic OH excluding ortho intramolecular Hbond substituents is 1. The molecule has 84 valence electrons. The molecule has 15 heavy (non-hydrogen) atoms. The van der Waals surface area contributed by atoms with Crippen LogP contribution < -0.4 is 5.73 Å². The van der Waals surface area contributed by atoms with Crippen LogP contribution in [0.4, 0.5) is 0 Å². The van der Waals surface area contributed by atoms with Gasteiger partial charge in [-0.15, -0.1) is 0 Å². The van der Waals surface area contributed by atoms with Crippen LogP contribution in [-0.4, -0.2) is 16.8 Å². The first kappa shape index (κ1) is 12.0. The standard InChI is InChI=1S/C12H19NO2/c1-11(2,8-13)12(3,15)9-6-4-5-7-10(9)14/h4-7,14-15H,8,13H2,1-3H3. The third kappa shape index (κ3) is 1.98. The predicted octanol–water partition coefficient (Wildman–Crippen LogP) is 1.58. The molecular formula is C12H19NO2. The van der Waals surface area contributed by atoms with E-state index in [4.69, 9.17) is 5.73 Å². The lowest BCUT2D eigenvalue weighted by molar-refractivity contribution is -0.0536. The molecule has 0 fully saturated rings. The number of aliphatic hydroxyl groups is 1. The predicted molar refractivity (Wildman–Crippen MR) is 60.5 cm³/mol. The third-order valence-electron chi connectivity index (χ3n) is 3.26. The first-order valence-electron chi connectivity index (χ1n) is 5.04. The minimum absolute atomic E-state index is 0.101. The molecule has 0 aromatic heterocycles. The van der Waals surface area contributed by atoms with Crippen molar-refractivity contribution < 1.29 is 10.2 Å². The van der Waals surface area contributed by atoms with Gasteiger partial charge in [-0.05, 0) is 13.0 Å². The fraction of sp³-hybridized carbons (Fsp3) is 0.500. The van der Waals surface area contributed by atoms with Crippen molar-refractivity contribution in [2.75, 3.05) is 6.54 Å². The summed E-state index contributed by atoms with van der Waals surface area (Å²) in [5.41, 5.74) is 4.51. The summed E-state index contributed by atoms with van der Waals surface area (Å²) in [4.78, 5) is 0. The van der Waals surface area contributed by atoms with Gasteiger partial charge in [-0.3, -0.25) is 0 Å². The van der Waals surface area contributed by atoms with E-state index in [2.05, 4.69) is 0 Å². The van der Waals surface area contributed by atoms with Gasteiger partial charge in [0, 0.05) is 17.5 Å². The molecule has 0 saturated heterocycles. The summed E-state index contributed by atoms with van der Waals surface area (Å²) in [6, 6.07) is 6.80. The van der Waals surface area contributed by atoms with Crippen molar-refractivity contribution in [1.29, 1.82) is 0 Å². The molecule has 3 heteroatoms. The Labute approximate surface area is 90.5 Å². The maximum Gasteiger partial charge on any atom is 0.121 e. The maximum atomic E-state index is 10.5. The highest BCUT2D eigenvalue weighted by Crippen LogP contribution is 2.41. The van der Waals surface area contributed by atoms with E-state index in [-0.39, 0.29) is 5.75 Å². The quantitative estimate of drug-likeness (QED) is 0.708. The Morgan fingerprint density at radius 2 is 1.73 bits per heavy atom. The van der Waals surface area contributed by atoms with Gasteiger partial charge in [-0.25, -0.2) is 0 Å². The van der Waals surface area contributed by atoms with Crippen LogP contribution in [0.15, 0.2) is 24.3 Å². The van der Waals surface area contributed by atoms with E-state index in [0.29, 0.717) is 12.1 Å². The second kappa shape index (κ2) is 3.83. The number of nitrogens with two attached hydrogens (primary N) is 1. The summed E-state index contributed by atoms with van der Waals surface area (Å²) in [5, 5.41) is 20.2. The van der Waals surface area contributed by atoms with Crippen molar-refractivity contribution in [2.24, 2.45) is 11.1 Å². The van der Waals surface area contributed by atoms with Crippen LogP contribution in [0.2, 0.25) is 0 Å². The second-order valence-corrected chi connectivity index (χ2v) is 4.68. The summed E-state index contributed by atoms with van der Waals surface area (Å²) in [6.45, 7) is 5.77. The molecule has 0 aliphatic heterocycles. The molecule has 0 bridgehead atoms. The summed E-state index contributed by atoms with van der Waals surface area (Å²) in [7, 11) is 0. The van der Waals surface area contributed by atoms with Crippen LogP contribution >= 0.6 is 0 Å². The van der Waals surface area contributed by atoms with Crippen LogP contribution in [0.25, 0.3) is 0 Å². The lowest BCUT2D eigenvalue weighted by Gasteiger charge is -2.39. The van der Waals surface area contributed by atoms with Crippen molar-refractivity contribution >= 4 is 0 Å². The first-order valence-corrected chi connectivity index (χ1v) is 5.04. The van der Waals surface area contributed by atoms with E-state index in [1.807, 2.05) is 13.8 Å². The average molecular weight is 209 g/mol. The molecule has 1 aromatic carbocycles. The molecule has 0 amide bonds. The van der Waals surface area contributed by atoms with E-state index in [1.54, 1.807) is 31.2 Å². The van der Waals surface area contributed by atoms with Gasteiger partial charge in [0.25, 0.3) is 0 Å². The highest BCUT2D eigenvalue weighted by molar-refractivity contribution is 5.37. The lowest BCUT2D eigenvalue weighted by atomic mass is 9.72. The van der Waals surface area contributed by atoms with Crippen molar-refractivity contribution in [3.05, 3.63) is 29.8 Å². The van der Waals surface area contributed by atoms with Crippen molar-refractivity contribution in [2.45, 2.75) is 26.4 Å². The summed E-state index contributed by atoms with van der Waals surface area (Å²) < 4.78 is 0. The van der Waals surface area contributed by atoms with Gasteiger partial charge in [-0.2, -0.15) is 0 Å². The minimum Gasteiger partial charge on any atom is -0.508 e. The van der Waals surface area contributed by atoms with Gasteiger partial charge in [0.05, 0.1) is 5.60 Å². The minimum atomic E-state index is -1.15. The molecule has 4 N–H and O–H groups in total. The van der Waals surface area contributed by atoms with Gasteiger partial charge < -0.3 is 15.9 Å². The molecule has 1 unspecified atom stereocenters. The van der Waals surface area contributed by atoms with E-state index in [9.17, 15) is 10.2 Å². The maximum absolute atomic E-state index is 10.5. The van der Waals surface area contributed by atoms with E-state index in [0.717, 1.165) is 0 Å². The van der Waals surface area contributed by atoms with Gasteiger partial charge in [0.2, 0.25) is 0 Å². The number of hydrogen-bond donors (Lipinski definition) is 3. The molecule has 1 aromatic rings. The summed E-state index contributed by atoms with van der Waals surface area (Å²) in [6.07, 6.45) is 0. The number of phenols is 1. The Bertz CT molecular complexity index is 345. The van der Waals surface area contributed by atoms with Gasteiger partial charge >= 0.3 is 0 Å². The van der Waals surface area contributed by atoms with Gasteiger partial charge in [0.15, 0.2) is 0 Å².